The van der Waals surface area contributed by atoms with E-state index in [1.807, 2.05) is 6.92 Å². The summed E-state index contributed by atoms with van der Waals surface area (Å²) in [6.07, 6.45) is -1.17. The van der Waals surface area contributed by atoms with E-state index in [0.29, 0.717) is 17.7 Å². The second-order valence-corrected chi connectivity index (χ2v) is 8.39. The molecule has 2 unspecified atom stereocenters. The first-order chi connectivity index (χ1) is 18.1. The first-order valence-corrected chi connectivity index (χ1v) is 11.5. The molecule has 0 saturated heterocycles. The Morgan fingerprint density at radius 1 is 0.947 bits per heavy atom. The minimum absolute atomic E-state index is 0.00806. The fourth-order valence-corrected chi connectivity index (χ4v) is 3.65. The Hall–Kier alpha value is -4.13. The quantitative estimate of drug-likeness (QED) is 0.237. The summed E-state index contributed by atoms with van der Waals surface area (Å²) in [6.45, 7) is 0.111. The lowest BCUT2D eigenvalue weighted by Crippen LogP contribution is -2.21. The lowest BCUT2D eigenvalue weighted by molar-refractivity contribution is -0.140. The zero-order valence-electron chi connectivity index (χ0n) is 20.7. The average Bonchev–Trinajstić information content (AvgIpc) is 2.88. The summed E-state index contributed by atoms with van der Waals surface area (Å²) >= 11 is 0. The molecule has 0 aliphatic rings. The van der Waals surface area contributed by atoms with E-state index in [2.05, 4.69) is 0 Å². The average molecular weight is 532 g/mol. The maximum Gasteiger partial charge on any atom is 0.341 e. The standard InChI is InChI=1S/C26H28O12/c1-14(10-34-2)18-4-3-15(5-21(18)36-12-24(30)31)20-8-19(29)26-22(37-13-25(32)33)6-17(7-23(26)38-20)35-11-16(28)9-27/h3-8,14,16,27-28H,9-13H2,1-2H3,(H,30,31)(H,32,33). The van der Waals surface area contributed by atoms with E-state index in [0.717, 1.165) is 0 Å². The number of aliphatic hydroxyl groups is 2. The number of fused-ring (bicyclic) bond motifs is 1. The van der Waals surface area contributed by atoms with Crippen molar-refractivity contribution in [2.24, 2.45) is 0 Å². The number of aliphatic carboxylic acids is 2. The van der Waals surface area contributed by atoms with Crippen LogP contribution in [-0.4, -0.2) is 78.6 Å². The third-order valence-electron chi connectivity index (χ3n) is 5.37. The van der Waals surface area contributed by atoms with Crippen LogP contribution < -0.4 is 19.6 Å². The van der Waals surface area contributed by atoms with Gasteiger partial charge in [-0.25, -0.2) is 9.59 Å². The van der Waals surface area contributed by atoms with Crippen molar-refractivity contribution in [2.45, 2.75) is 18.9 Å². The summed E-state index contributed by atoms with van der Waals surface area (Å²) in [6, 6.07) is 8.80. The number of aliphatic hydroxyl groups excluding tert-OH is 2. The van der Waals surface area contributed by atoms with E-state index in [1.54, 1.807) is 25.3 Å². The van der Waals surface area contributed by atoms with Crippen molar-refractivity contribution in [1.82, 2.24) is 0 Å². The van der Waals surface area contributed by atoms with Crippen LogP contribution >= 0.6 is 0 Å². The molecule has 1 aromatic heterocycles. The molecular formula is C26H28O12. The van der Waals surface area contributed by atoms with Crippen LogP contribution in [0.4, 0.5) is 0 Å². The van der Waals surface area contributed by atoms with Gasteiger partial charge in [-0.1, -0.05) is 19.1 Å². The minimum atomic E-state index is -1.27. The predicted molar refractivity (Wildman–Crippen MR) is 133 cm³/mol. The van der Waals surface area contributed by atoms with Crippen LogP contribution in [0.5, 0.6) is 17.2 Å². The topological polar surface area (TPSA) is 182 Å². The predicted octanol–water partition coefficient (Wildman–Crippen LogP) is 1.87. The van der Waals surface area contributed by atoms with Crippen LogP contribution in [0.2, 0.25) is 0 Å². The molecule has 0 amide bonds. The van der Waals surface area contributed by atoms with Crippen molar-refractivity contribution in [1.29, 1.82) is 0 Å². The number of ether oxygens (including phenoxy) is 4. The first-order valence-electron chi connectivity index (χ1n) is 11.5. The normalized spacial score (nSPS) is 12.6. The van der Waals surface area contributed by atoms with Gasteiger partial charge in [-0.05, 0) is 11.6 Å². The van der Waals surface area contributed by atoms with Gasteiger partial charge < -0.3 is 43.8 Å². The highest BCUT2D eigenvalue weighted by Gasteiger charge is 2.19. The smallest absolute Gasteiger partial charge is 0.341 e. The molecule has 2 atom stereocenters. The van der Waals surface area contributed by atoms with Crippen LogP contribution in [0.15, 0.2) is 45.6 Å². The Bertz CT molecular complexity index is 1350. The molecule has 0 spiro atoms. The second-order valence-electron chi connectivity index (χ2n) is 8.39. The lowest BCUT2D eigenvalue weighted by Gasteiger charge is -2.17. The van der Waals surface area contributed by atoms with Gasteiger partial charge in [-0.2, -0.15) is 0 Å². The highest BCUT2D eigenvalue weighted by molar-refractivity contribution is 5.87. The Morgan fingerprint density at radius 2 is 1.63 bits per heavy atom. The lowest BCUT2D eigenvalue weighted by atomic mass is 9.98. The molecule has 0 fully saturated rings. The molecule has 4 N–H and O–H groups in total. The number of carboxylic acids is 2. The molecular weight excluding hydrogens is 504 g/mol. The number of carboxylic acid groups (broad SMARTS) is 2. The number of methoxy groups -OCH3 is 1. The highest BCUT2D eigenvalue weighted by Crippen LogP contribution is 2.35. The van der Waals surface area contributed by atoms with Crippen molar-refractivity contribution in [3.63, 3.8) is 0 Å². The molecule has 12 nitrogen and oxygen atoms in total. The molecule has 204 valence electrons. The number of benzene rings is 2. The van der Waals surface area contributed by atoms with Crippen molar-refractivity contribution < 1.29 is 53.4 Å². The van der Waals surface area contributed by atoms with Gasteiger partial charge in [0.2, 0.25) is 0 Å². The molecule has 3 rings (SSSR count). The molecule has 2 aromatic carbocycles. The van der Waals surface area contributed by atoms with Crippen LogP contribution in [-0.2, 0) is 14.3 Å². The maximum absolute atomic E-state index is 13.1. The third kappa shape index (κ3) is 7.22. The first kappa shape index (κ1) is 28.4. The molecule has 0 radical (unpaired) electrons. The highest BCUT2D eigenvalue weighted by atomic mass is 16.5. The van der Waals surface area contributed by atoms with E-state index in [1.165, 1.54) is 18.2 Å². The molecule has 0 aliphatic heterocycles. The Balaban J connectivity index is 2.11. The van der Waals surface area contributed by atoms with Gasteiger partial charge in [0.15, 0.2) is 18.6 Å². The Morgan fingerprint density at radius 3 is 2.26 bits per heavy atom. The summed E-state index contributed by atoms with van der Waals surface area (Å²) < 4.78 is 27.4. The van der Waals surface area contributed by atoms with E-state index >= 15 is 0 Å². The number of rotatable bonds is 14. The van der Waals surface area contributed by atoms with E-state index in [9.17, 15) is 19.5 Å². The Kier molecular flexibility index (Phi) is 9.66. The molecule has 1 heterocycles. The molecule has 0 bridgehead atoms. The van der Waals surface area contributed by atoms with E-state index in [-0.39, 0.29) is 46.5 Å². The van der Waals surface area contributed by atoms with Gasteiger partial charge in [0.25, 0.3) is 0 Å². The van der Waals surface area contributed by atoms with Crippen molar-refractivity contribution in [2.75, 3.05) is 40.1 Å². The van der Waals surface area contributed by atoms with Gasteiger partial charge in [0.1, 0.15) is 46.7 Å². The summed E-state index contributed by atoms with van der Waals surface area (Å²) in [5.41, 5.74) is 0.581. The molecule has 0 aliphatic carbocycles. The van der Waals surface area contributed by atoms with Crippen molar-refractivity contribution >= 4 is 22.9 Å². The number of hydrogen-bond donors (Lipinski definition) is 4. The second kappa shape index (κ2) is 12.9. The van der Waals surface area contributed by atoms with E-state index in [4.69, 9.17) is 38.7 Å². The van der Waals surface area contributed by atoms with Crippen molar-refractivity contribution in [3.05, 3.63) is 52.2 Å². The van der Waals surface area contributed by atoms with Gasteiger partial charge in [-0.3, -0.25) is 4.79 Å². The largest absolute Gasteiger partial charge is 0.491 e. The summed E-state index contributed by atoms with van der Waals surface area (Å²) in [7, 11) is 1.54. The number of carbonyl (C=O) groups is 2. The fourth-order valence-electron chi connectivity index (χ4n) is 3.65. The van der Waals surface area contributed by atoms with Gasteiger partial charge in [-0.15, -0.1) is 0 Å². The SMILES string of the molecule is COCC(C)c1ccc(-c2cc(=O)c3c(OCC(=O)O)cc(OCC(O)CO)cc3o2)cc1OCC(=O)O. The Labute approximate surface area is 216 Å². The summed E-state index contributed by atoms with van der Waals surface area (Å²) in [5.74, 6) is -2.16. The van der Waals surface area contributed by atoms with Gasteiger partial charge in [0.05, 0.1) is 13.2 Å². The zero-order valence-corrected chi connectivity index (χ0v) is 20.7. The van der Waals surface area contributed by atoms with Gasteiger partial charge >= 0.3 is 11.9 Å². The third-order valence-corrected chi connectivity index (χ3v) is 5.37. The maximum atomic E-state index is 13.1. The fraction of sp³-hybridized carbons (Fsp3) is 0.346. The zero-order chi connectivity index (χ0) is 27.8. The molecule has 38 heavy (non-hydrogen) atoms. The van der Waals surface area contributed by atoms with Crippen LogP contribution in [0, 0.1) is 0 Å². The van der Waals surface area contributed by atoms with Crippen molar-refractivity contribution in [3.8, 4) is 28.6 Å². The molecule has 12 heteroatoms. The number of hydrogen-bond acceptors (Lipinski definition) is 10. The van der Waals surface area contributed by atoms with Crippen LogP contribution in [0.1, 0.15) is 18.4 Å². The van der Waals surface area contributed by atoms with E-state index < -0.39 is 43.3 Å². The monoisotopic (exact) mass is 532 g/mol. The summed E-state index contributed by atoms with van der Waals surface area (Å²) in [5, 5.41) is 36.7. The van der Waals surface area contributed by atoms with Gasteiger partial charge in [0, 0.05) is 36.8 Å². The van der Waals surface area contributed by atoms with Crippen LogP contribution in [0.3, 0.4) is 0 Å². The molecule has 3 aromatic rings. The molecule has 0 saturated carbocycles. The minimum Gasteiger partial charge on any atom is -0.491 e. The summed E-state index contributed by atoms with van der Waals surface area (Å²) in [4.78, 5) is 35.2. The van der Waals surface area contributed by atoms with Crippen LogP contribution in [0.25, 0.3) is 22.3 Å².